The zero-order valence-corrected chi connectivity index (χ0v) is 10.7. The molecule has 0 aliphatic carbocycles. The standard InChI is InChI=1S/C12H17N5O/c1-9-14-12(18-15-9)11-4-3-7-17(11)8-10-5-6-13-16(10)2/h5-6,11H,3-4,7-8H2,1-2H3. The Bertz CT molecular complexity index is 532. The van der Waals surface area contributed by atoms with Crippen LogP contribution in [0.3, 0.4) is 0 Å². The third-order valence-electron chi connectivity index (χ3n) is 3.48. The average Bonchev–Trinajstić information content (AvgIpc) is 3.03. The van der Waals surface area contributed by atoms with Crippen molar-refractivity contribution in [2.45, 2.75) is 32.4 Å². The van der Waals surface area contributed by atoms with Crippen molar-refractivity contribution in [1.82, 2.24) is 24.8 Å². The molecule has 0 bridgehead atoms. The van der Waals surface area contributed by atoms with Gasteiger partial charge < -0.3 is 4.52 Å². The van der Waals surface area contributed by atoms with E-state index in [2.05, 4.69) is 26.2 Å². The summed E-state index contributed by atoms with van der Waals surface area (Å²) in [6, 6.07) is 2.30. The van der Waals surface area contributed by atoms with E-state index in [-0.39, 0.29) is 6.04 Å². The van der Waals surface area contributed by atoms with Gasteiger partial charge in [0.15, 0.2) is 5.82 Å². The van der Waals surface area contributed by atoms with Gasteiger partial charge in [-0.15, -0.1) is 0 Å². The maximum Gasteiger partial charge on any atom is 0.243 e. The van der Waals surface area contributed by atoms with Crippen molar-refractivity contribution in [3.05, 3.63) is 29.7 Å². The minimum atomic E-state index is 0.251. The molecule has 2 aromatic rings. The molecule has 3 rings (SSSR count). The topological polar surface area (TPSA) is 60.0 Å². The molecular formula is C12H17N5O. The summed E-state index contributed by atoms with van der Waals surface area (Å²) in [5, 5.41) is 8.08. The third kappa shape index (κ3) is 2.03. The SMILES string of the molecule is Cc1noc(C2CCCN2Cc2ccnn2C)n1. The fraction of sp³-hybridized carbons (Fsp3) is 0.583. The molecule has 0 amide bonds. The van der Waals surface area contributed by atoms with Gasteiger partial charge in [-0.05, 0) is 32.4 Å². The Morgan fingerprint density at radius 1 is 1.50 bits per heavy atom. The van der Waals surface area contributed by atoms with Gasteiger partial charge in [-0.2, -0.15) is 10.1 Å². The van der Waals surface area contributed by atoms with Crippen molar-refractivity contribution >= 4 is 0 Å². The lowest BCUT2D eigenvalue weighted by Crippen LogP contribution is -2.24. The molecule has 18 heavy (non-hydrogen) atoms. The largest absolute Gasteiger partial charge is 0.338 e. The van der Waals surface area contributed by atoms with Crippen molar-refractivity contribution in [1.29, 1.82) is 0 Å². The summed E-state index contributed by atoms with van der Waals surface area (Å²) < 4.78 is 7.21. The number of likely N-dealkylation sites (tertiary alicyclic amines) is 1. The first kappa shape index (κ1) is 11.4. The summed E-state index contributed by atoms with van der Waals surface area (Å²) in [5.41, 5.74) is 1.21. The molecule has 6 heteroatoms. The molecule has 96 valence electrons. The highest BCUT2D eigenvalue weighted by molar-refractivity contribution is 5.03. The zero-order valence-electron chi connectivity index (χ0n) is 10.7. The molecule has 1 aliphatic rings. The van der Waals surface area contributed by atoms with E-state index < -0.39 is 0 Å². The van der Waals surface area contributed by atoms with Crippen LogP contribution in [0.4, 0.5) is 0 Å². The Labute approximate surface area is 106 Å². The molecule has 1 aliphatic heterocycles. The van der Waals surface area contributed by atoms with Gasteiger partial charge in [-0.1, -0.05) is 5.16 Å². The molecule has 6 nitrogen and oxygen atoms in total. The molecular weight excluding hydrogens is 230 g/mol. The van der Waals surface area contributed by atoms with Gasteiger partial charge in [0.25, 0.3) is 0 Å². The minimum Gasteiger partial charge on any atom is -0.338 e. The van der Waals surface area contributed by atoms with Crippen molar-refractivity contribution in [3.8, 4) is 0 Å². The summed E-state index contributed by atoms with van der Waals surface area (Å²) in [7, 11) is 1.97. The van der Waals surface area contributed by atoms with Gasteiger partial charge in [0.05, 0.1) is 11.7 Å². The summed E-state index contributed by atoms with van der Waals surface area (Å²) in [6.45, 7) is 3.80. The predicted molar refractivity (Wildman–Crippen MR) is 64.6 cm³/mol. The van der Waals surface area contributed by atoms with Crippen LogP contribution in [-0.4, -0.2) is 31.4 Å². The molecule has 1 fully saturated rings. The van der Waals surface area contributed by atoms with Crippen molar-refractivity contribution < 1.29 is 4.52 Å². The summed E-state index contributed by atoms with van der Waals surface area (Å²) >= 11 is 0. The molecule has 0 radical (unpaired) electrons. The van der Waals surface area contributed by atoms with Crippen LogP contribution in [0.2, 0.25) is 0 Å². The molecule has 3 heterocycles. The van der Waals surface area contributed by atoms with Crippen LogP contribution in [-0.2, 0) is 13.6 Å². The van der Waals surface area contributed by atoms with Crippen LogP contribution in [0.1, 0.15) is 36.3 Å². The number of aromatic nitrogens is 4. The van der Waals surface area contributed by atoms with Crippen LogP contribution in [0.15, 0.2) is 16.8 Å². The molecule has 1 unspecified atom stereocenters. The Morgan fingerprint density at radius 3 is 3.06 bits per heavy atom. The number of nitrogens with zero attached hydrogens (tertiary/aromatic N) is 5. The van der Waals surface area contributed by atoms with E-state index in [1.807, 2.05) is 24.9 Å². The van der Waals surface area contributed by atoms with E-state index in [9.17, 15) is 0 Å². The molecule has 0 saturated carbocycles. The van der Waals surface area contributed by atoms with Crippen LogP contribution < -0.4 is 0 Å². The summed E-state index contributed by atoms with van der Waals surface area (Å²) in [4.78, 5) is 6.73. The highest BCUT2D eigenvalue weighted by Gasteiger charge is 2.30. The Kier molecular flexibility index (Phi) is 2.87. The van der Waals surface area contributed by atoms with E-state index >= 15 is 0 Å². The Morgan fingerprint density at radius 2 is 2.39 bits per heavy atom. The van der Waals surface area contributed by atoms with Gasteiger partial charge in [0.1, 0.15) is 0 Å². The van der Waals surface area contributed by atoms with Crippen molar-refractivity contribution in [2.24, 2.45) is 7.05 Å². The second-order valence-corrected chi connectivity index (χ2v) is 4.75. The highest BCUT2D eigenvalue weighted by atomic mass is 16.5. The lowest BCUT2D eigenvalue weighted by atomic mass is 10.2. The Balaban J connectivity index is 1.77. The maximum absolute atomic E-state index is 5.30. The smallest absolute Gasteiger partial charge is 0.243 e. The second kappa shape index (κ2) is 4.53. The van der Waals surface area contributed by atoms with Crippen molar-refractivity contribution in [3.63, 3.8) is 0 Å². The van der Waals surface area contributed by atoms with Crippen LogP contribution >= 0.6 is 0 Å². The lowest BCUT2D eigenvalue weighted by molar-refractivity contribution is 0.197. The molecule has 0 aromatic carbocycles. The lowest BCUT2D eigenvalue weighted by Gasteiger charge is -2.21. The Hall–Kier alpha value is -1.69. The fourth-order valence-corrected chi connectivity index (χ4v) is 2.51. The second-order valence-electron chi connectivity index (χ2n) is 4.75. The van der Waals surface area contributed by atoms with E-state index in [4.69, 9.17) is 4.52 Å². The molecule has 2 aromatic heterocycles. The van der Waals surface area contributed by atoms with Crippen LogP contribution in [0.25, 0.3) is 0 Å². The van der Waals surface area contributed by atoms with Gasteiger partial charge in [-0.3, -0.25) is 9.58 Å². The highest BCUT2D eigenvalue weighted by Crippen LogP contribution is 2.31. The average molecular weight is 247 g/mol. The number of hydrogen-bond acceptors (Lipinski definition) is 5. The van der Waals surface area contributed by atoms with Gasteiger partial charge >= 0.3 is 0 Å². The number of aryl methyl sites for hydroxylation is 2. The van der Waals surface area contributed by atoms with Crippen LogP contribution in [0.5, 0.6) is 0 Å². The zero-order chi connectivity index (χ0) is 12.5. The van der Waals surface area contributed by atoms with Gasteiger partial charge in [0, 0.05) is 19.8 Å². The van der Waals surface area contributed by atoms with Crippen molar-refractivity contribution in [2.75, 3.05) is 6.54 Å². The first-order valence-electron chi connectivity index (χ1n) is 6.25. The molecule has 1 saturated heterocycles. The maximum atomic E-state index is 5.30. The molecule has 0 N–H and O–H groups in total. The normalized spacial score (nSPS) is 20.7. The number of rotatable bonds is 3. The van der Waals surface area contributed by atoms with E-state index in [1.54, 1.807) is 0 Å². The number of hydrogen-bond donors (Lipinski definition) is 0. The third-order valence-corrected chi connectivity index (χ3v) is 3.48. The van der Waals surface area contributed by atoms with E-state index in [0.29, 0.717) is 5.82 Å². The molecule has 0 spiro atoms. The van der Waals surface area contributed by atoms with Gasteiger partial charge in [-0.25, -0.2) is 0 Å². The van der Waals surface area contributed by atoms with E-state index in [0.717, 1.165) is 25.4 Å². The fourth-order valence-electron chi connectivity index (χ4n) is 2.51. The minimum absolute atomic E-state index is 0.251. The van der Waals surface area contributed by atoms with Gasteiger partial charge in [0.2, 0.25) is 5.89 Å². The first-order chi connectivity index (χ1) is 8.74. The quantitative estimate of drug-likeness (QED) is 0.821. The molecule has 1 atom stereocenters. The predicted octanol–water partition coefficient (Wildman–Crippen LogP) is 1.45. The van der Waals surface area contributed by atoms with Crippen LogP contribution in [0, 0.1) is 6.92 Å². The van der Waals surface area contributed by atoms with E-state index in [1.165, 1.54) is 12.1 Å². The summed E-state index contributed by atoms with van der Waals surface area (Å²) in [6.07, 6.45) is 4.08. The first-order valence-corrected chi connectivity index (χ1v) is 6.25. The monoisotopic (exact) mass is 247 g/mol. The summed E-state index contributed by atoms with van der Waals surface area (Å²) in [5.74, 6) is 1.45.